The van der Waals surface area contributed by atoms with Crippen molar-refractivity contribution in [3.05, 3.63) is 40.4 Å². The second-order valence-corrected chi connectivity index (χ2v) is 20.7. The van der Waals surface area contributed by atoms with E-state index >= 15 is 0 Å². The quantitative estimate of drug-likeness (QED) is 0.304. The van der Waals surface area contributed by atoms with Crippen molar-refractivity contribution >= 4 is 56.2 Å². The molecular weight excluding hydrogens is 773 g/mol. The van der Waals surface area contributed by atoms with E-state index < -0.39 is 32.6 Å². The van der Waals surface area contributed by atoms with Gasteiger partial charge in [-0.25, -0.2) is 22.5 Å². The minimum absolute atomic E-state index is 0.0593. The molecule has 4 unspecified atom stereocenters. The van der Waals surface area contributed by atoms with Gasteiger partial charge in [0.15, 0.2) is 0 Å². The molecule has 17 heteroatoms. The van der Waals surface area contributed by atoms with E-state index in [1.165, 1.54) is 4.57 Å². The van der Waals surface area contributed by atoms with Crippen LogP contribution in [0.25, 0.3) is 11.0 Å². The van der Waals surface area contributed by atoms with E-state index in [-0.39, 0.29) is 36.0 Å². The maximum absolute atomic E-state index is 13.9. The fourth-order valence-corrected chi connectivity index (χ4v) is 13.1. The summed E-state index contributed by atoms with van der Waals surface area (Å²) >= 11 is 0. The molecule has 4 atom stereocenters. The standard InChI is InChI=1S/C42H56N10O6S/c1-26-4-3-5-32(26)52-37-31(42(15-16-42)39(52)55)23-43-40(46-37)44-28-12-20-50(21-13-28)59(57,58)30-14-17-48(25-30)24-27-10-18-49(19-11-27)29-6-7-33-35(22-29)47(2)41(56)51(33)34-8-9-36(53)45-38(34)54/h6-7,22-23,26-28,30,32,34H,3-5,8-21,24-25H2,1-2H3,(H,43,44,46)(H,45,53,54). The molecule has 3 aromatic rings. The first-order valence-electron chi connectivity index (χ1n) is 21.9. The van der Waals surface area contributed by atoms with E-state index in [0.29, 0.717) is 68.6 Å². The predicted molar refractivity (Wildman–Crippen MR) is 223 cm³/mol. The lowest BCUT2D eigenvalue weighted by molar-refractivity contribution is -0.135. The lowest BCUT2D eigenvalue weighted by Gasteiger charge is -2.35. The van der Waals surface area contributed by atoms with Crippen LogP contribution in [0.2, 0.25) is 0 Å². The summed E-state index contributed by atoms with van der Waals surface area (Å²) in [6, 6.07) is 5.48. The van der Waals surface area contributed by atoms with Gasteiger partial charge in [-0.3, -0.25) is 33.7 Å². The molecular formula is C42H56N10O6S. The number of imide groups is 1. The number of benzene rings is 1. The molecule has 316 valence electrons. The number of likely N-dealkylation sites (tertiary alicyclic amines) is 1. The molecule has 2 aliphatic carbocycles. The number of nitrogens with one attached hydrogen (secondary N) is 2. The monoisotopic (exact) mass is 828 g/mol. The molecule has 59 heavy (non-hydrogen) atoms. The molecule has 6 fully saturated rings. The third-order valence-electron chi connectivity index (χ3n) is 14.9. The number of amides is 3. The summed E-state index contributed by atoms with van der Waals surface area (Å²) in [5.74, 6) is 1.69. The summed E-state index contributed by atoms with van der Waals surface area (Å²) in [4.78, 5) is 67.5. The van der Waals surface area contributed by atoms with Gasteiger partial charge in [0.1, 0.15) is 11.9 Å². The highest BCUT2D eigenvalue weighted by Gasteiger charge is 2.62. The van der Waals surface area contributed by atoms with Gasteiger partial charge in [0.05, 0.1) is 21.7 Å². The summed E-state index contributed by atoms with van der Waals surface area (Å²) < 4.78 is 32.6. The summed E-state index contributed by atoms with van der Waals surface area (Å²) in [6.07, 6.45) is 11.4. The Hall–Kier alpha value is -4.35. The average Bonchev–Trinajstić information content (AvgIpc) is 3.44. The van der Waals surface area contributed by atoms with Gasteiger partial charge < -0.3 is 15.1 Å². The zero-order valence-corrected chi connectivity index (χ0v) is 35.0. The first-order valence-corrected chi connectivity index (χ1v) is 23.4. The van der Waals surface area contributed by atoms with Gasteiger partial charge in [-0.2, -0.15) is 4.98 Å². The minimum Gasteiger partial charge on any atom is -0.371 e. The van der Waals surface area contributed by atoms with Crippen LogP contribution in [0.1, 0.15) is 95.6 Å². The number of hydrogen-bond donors (Lipinski definition) is 2. The van der Waals surface area contributed by atoms with E-state index in [4.69, 9.17) is 4.98 Å². The third-order valence-corrected chi connectivity index (χ3v) is 17.2. The number of carbonyl (C=O) groups excluding carboxylic acids is 3. The number of piperidine rings is 3. The van der Waals surface area contributed by atoms with Crippen LogP contribution in [0.15, 0.2) is 29.2 Å². The van der Waals surface area contributed by atoms with Crippen molar-refractivity contribution in [2.24, 2.45) is 18.9 Å². The highest BCUT2D eigenvalue weighted by molar-refractivity contribution is 7.89. The van der Waals surface area contributed by atoms with Crippen LogP contribution in [0.3, 0.4) is 0 Å². The Labute approximate surface area is 344 Å². The van der Waals surface area contributed by atoms with Gasteiger partial charge in [-0.05, 0) is 101 Å². The molecule has 7 heterocycles. The molecule has 16 nitrogen and oxygen atoms in total. The van der Waals surface area contributed by atoms with E-state index in [9.17, 15) is 27.6 Å². The fraction of sp³-hybridized carbons (Fsp3) is 0.667. The van der Waals surface area contributed by atoms with Crippen LogP contribution >= 0.6 is 0 Å². The number of rotatable bonds is 9. The van der Waals surface area contributed by atoms with Crippen LogP contribution in [0, 0.1) is 11.8 Å². The molecule has 3 amide bonds. The number of imidazole rings is 1. The van der Waals surface area contributed by atoms with Crippen LogP contribution in [-0.4, -0.2) is 118 Å². The van der Waals surface area contributed by atoms with Gasteiger partial charge in [0.2, 0.25) is 33.7 Å². The molecule has 1 aromatic carbocycles. The fourth-order valence-electron chi connectivity index (χ4n) is 11.2. The van der Waals surface area contributed by atoms with Gasteiger partial charge in [0.25, 0.3) is 0 Å². The predicted octanol–water partition coefficient (Wildman–Crippen LogP) is 2.87. The van der Waals surface area contributed by atoms with Gasteiger partial charge in [0, 0.05) is 82.3 Å². The smallest absolute Gasteiger partial charge is 0.329 e. The zero-order chi connectivity index (χ0) is 40.8. The molecule has 2 saturated carbocycles. The van der Waals surface area contributed by atoms with Crippen LogP contribution in [0.4, 0.5) is 17.5 Å². The Kier molecular flexibility index (Phi) is 9.66. The van der Waals surface area contributed by atoms with E-state index in [1.807, 2.05) is 29.3 Å². The van der Waals surface area contributed by atoms with Crippen molar-refractivity contribution < 1.29 is 22.8 Å². The summed E-state index contributed by atoms with van der Waals surface area (Å²) in [6.45, 7) is 7.14. The number of carbonyl (C=O) groups is 3. The van der Waals surface area contributed by atoms with Crippen LogP contribution in [-0.2, 0) is 36.9 Å². The summed E-state index contributed by atoms with van der Waals surface area (Å²) in [5.41, 5.74) is 2.76. The Morgan fingerprint density at radius 2 is 1.69 bits per heavy atom. The summed E-state index contributed by atoms with van der Waals surface area (Å²) in [7, 11) is -1.72. The zero-order valence-electron chi connectivity index (χ0n) is 34.1. The topological polar surface area (TPSA) is 175 Å². The average molecular weight is 829 g/mol. The number of sulfonamides is 1. The van der Waals surface area contributed by atoms with E-state index in [2.05, 4.69) is 32.3 Å². The third kappa shape index (κ3) is 6.65. The number of aryl methyl sites for hydroxylation is 1. The number of nitrogens with zero attached hydrogens (tertiary/aromatic N) is 8. The SMILES string of the molecule is CC1CCCC1N1C(=O)C2(CC2)c2cnc(NC3CCN(S(=O)(=O)C4CCN(CC5CCN(c6ccc7c(c6)n(C)c(=O)n7C6CCC(=O)NC6=O)CC5)C4)CC3)nc21. The molecule has 2 aromatic heterocycles. The van der Waals surface area contributed by atoms with Crippen molar-refractivity contribution in [3.8, 4) is 0 Å². The Morgan fingerprint density at radius 3 is 2.41 bits per heavy atom. The molecule has 0 radical (unpaired) electrons. The lowest BCUT2D eigenvalue weighted by Crippen LogP contribution is -2.47. The van der Waals surface area contributed by atoms with Crippen molar-refractivity contribution in [1.29, 1.82) is 0 Å². The van der Waals surface area contributed by atoms with Gasteiger partial charge in [-0.15, -0.1) is 0 Å². The maximum atomic E-state index is 13.9. The second kappa shape index (κ2) is 14.7. The van der Waals surface area contributed by atoms with Crippen molar-refractivity contribution in [3.63, 3.8) is 0 Å². The Balaban J connectivity index is 0.710. The number of aromatic nitrogens is 4. The highest BCUT2D eigenvalue weighted by Crippen LogP contribution is 2.58. The Bertz CT molecular complexity index is 2360. The first kappa shape index (κ1) is 38.8. The van der Waals surface area contributed by atoms with Crippen molar-refractivity contribution in [2.75, 3.05) is 60.9 Å². The van der Waals surface area contributed by atoms with Crippen molar-refractivity contribution in [2.45, 2.75) is 113 Å². The van der Waals surface area contributed by atoms with E-state index in [1.54, 1.807) is 15.9 Å². The molecule has 2 N–H and O–H groups in total. The molecule has 0 bridgehead atoms. The molecule has 7 aliphatic rings. The lowest BCUT2D eigenvalue weighted by atomic mass is 9.96. The van der Waals surface area contributed by atoms with E-state index in [0.717, 1.165) is 93.7 Å². The number of hydrogen-bond acceptors (Lipinski definition) is 11. The number of anilines is 3. The van der Waals surface area contributed by atoms with Gasteiger partial charge in [-0.1, -0.05) is 13.3 Å². The van der Waals surface area contributed by atoms with Crippen LogP contribution < -0.4 is 26.1 Å². The molecule has 1 spiro atoms. The second-order valence-electron chi connectivity index (χ2n) is 18.5. The normalized spacial score (nSPS) is 28.3. The van der Waals surface area contributed by atoms with Gasteiger partial charge >= 0.3 is 5.69 Å². The molecule has 10 rings (SSSR count). The van der Waals surface area contributed by atoms with Crippen molar-refractivity contribution in [1.82, 2.24) is 33.6 Å². The Morgan fingerprint density at radius 1 is 0.915 bits per heavy atom. The highest BCUT2D eigenvalue weighted by atomic mass is 32.2. The maximum Gasteiger partial charge on any atom is 0.329 e. The largest absolute Gasteiger partial charge is 0.371 e. The first-order chi connectivity index (χ1) is 28.4. The number of fused-ring (bicyclic) bond motifs is 3. The van der Waals surface area contributed by atoms with Crippen LogP contribution in [0.5, 0.6) is 0 Å². The summed E-state index contributed by atoms with van der Waals surface area (Å²) in [5, 5.41) is 5.47. The molecule has 4 saturated heterocycles. The molecule has 5 aliphatic heterocycles. The minimum atomic E-state index is -3.44.